The summed E-state index contributed by atoms with van der Waals surface area (Å²) in [5, 5.41) is 1.09. The van der Waals surface area contributed by atoms with Gasteiger partial charge < -0.3 is 9.30 Å². The number of aromatic nitrogens is 1. The molecule has 0 N–H and O–H groups in total. The Morgan fingerprint density at radius 2 is 1.85 bits per heavy atom. The quantitative estimate of drug-likeness (QED) is 0.549. The molecular formula is C23H26FNO2. The van der Waals surface area contributed by atoms with Crippen LogP contribution in [0.3, 0.4) is 0 Å². The summed E-state index contributed by atoms with van der Waals surface area (Å²) in [5.41, 5.74) is 5.40. The standard InChI is InChI=1S/C23H26FNO2/c1-5-27-23(26)13-20-16(4)25(14-17-6-9-19(24)10-7-17)22-11-8-18(15(2)3)12-21(20)22/h6-12,15H,5,13-14H2,1-4H3. The summed E-state index contributed by atoms with van der Waals surface area (Å²) < 4.78 is 20.6. The lowest BCUT2D eigenvalue weighted by molar-refractivity contribution is -0.142. The molecule has 0 bridgehead atoms. The lowest BCUT2D eigenvalue weighted by Crippen LogP contribution is -2.09. The van der Waals surface area contributed by atoms with Crippen molar-refractivity contribution in [3.63, 3.8) is 0 Å². The monoisotopic (exact) mass is 367 g/mol. The van der Waals surface area contributed by atoms with Crippen LogP contribution in [0.5, 0.6) is 0 Å². The maximum absolute atomic E-state index is 13.2. The molecule has 0 atom stereocenters. The van der Waals surface area contributed by atoms with Crippen molar-refractivity contribution >= 4 is 16.9 Å². The minimum Gasteiger partial charge on any atom is -0.466 e. The molecule has 0 saturated carbocycles. The summed E-state index contributed by atoms with van der Waals surface area (Å²) in [6, 6.07) is 13.0. The Kier molecular flexibility index (Phi) is 5.64. The van der Waals surface area contributed by atoms with E-state index in [-0.39, 0.29) is 18.2 Å². The zero-order chi connectivity index (χ0) is 19.6. The van der Waals surface area contributed by atoms with E-state index in [0.717, 1.165) is 27.7 Å². The second-order valence-corrected chi connectivity index (χ2v) is 7.19. The fourth-order valence-corrected chi connectivity index (χ4v) is 3.48. The van der Waals surface area contributed by atoms with E-state index < -0.39 is 0 Å². The van der Waals surface area contributed by atoms with Gasteiger partial charge in [-0.2, -0.15) is 0 Å². The molecule has 1 aromatic heterocycles. The third-order valence-corrected chi connectivity index (χ3v) is 5.03. The Labute approximate surface area is 159 Å². The number of carbonyl (C=O) groups is 1. The van der Waals surface area contributed by atoms with E-state index in [2.05, 4.69) is 36.6 Å². The fourth-order valence-electron chi connectivity index (χ4n) is 3.48. The molecule has 0 fully saturated rings. The van der Waals surface area contributed by atoms with Gasteiger partial charge in [-0.25, -0.2) is 4.39 Å². The molecule has 0 amide bonds. The largest absolute Gasteiger partial charge is 0.466 e. The van der Waals surface area contributed by atoms with Gasteiger partial charge in [0, 0.05) is 23.1 Å². The molecular weight excluding hydrogens is 341 g/mol. The van der Waals surface area contributed by atoms with Gasteiger partial charge in [0.1, 0.15) is 5.82 Å². The molecule has 3 aromatic rings. The van der Waals surface area contributed by atoms with Crippen molar-refractivity contribution in [3.05, 3.63) is 70.7 Å². The molecule has 0 aliphatic carbocycles. The Balaban J connectivity index is 2.10. The van der Waals surface area contributed by atoms with Crippen LogP contribution in [-0.2, 0) is 22.5 Å². The normalized spacial score (nSPS) is 11.3. The van der Waals surface area contributed by atoms with Gasteiger partial charge in [-0.3, -0.25) is 4.79 Å². The first-order chi connectivity index (χ1) is 12.9. The molecule has 0 aliphatic rings. The van der Waals surface area contributed by atoms with Crippen molar-refractivity contribution in [2.45, 2.75) is 46.6 Å². The SMILES string of the molecule is CCOC(=O)Cc1c(C)n(Cc2ccc(F)cc2)c2ccc(C(C)C)cc12. The van der Waals surface area contributed by atoms with Crippen LogP contribution in [0, 0.1) is 12.7 Å². The van der Waals surface area contributed by atoms with E-state index in [4.69, 9.17) is 4.74 Å². The molecule has 4 heteroatoms. The molecule has 0 unspecified atom stereocenters. The number of carbonyl (C=O) groups excluding carboxylic acids is 1. The van der Waals surface area contributed by atoms with Crippen LogP contribution < -0.4 is 0 Å². The summed E-state index contributed by atoms with van der Waals surface area (Å²) in [6.45, 7) is 9.19. The van der Waals surface area contributed by atoms with E-state index in [1.165, 1.54) is 17.7 Å². The second kappa shape index (κ2) is 7.95. The smallest absolute Gasteiger partial charge is 0.310 e. The van der Waals surface area contributed by atoms with Gasteiger partial charge in [-0.15, -0.1) is 0 Å². The number of fused-ring (bicyclic) bond motifs is 1. The third-order valence-electron chi connectivity index (χ3n) is 5.03. The first-order valence-electron chi connectivity index (χ1n) is 9.42. The number of nitrogens with zero attached hydrogens (tertiary/aromatic N) is 1. The van der Waals surface area contributed by atoms with Crippen LogP contribution in [0.1, 0.15) is 49.1 Å². The molecule has 1 heterocycles. The summed E-state index contributed by atoms with van der Waals surface area (Å²) in [7, 11) is 0. The number of halogens is 1. The molecule has 0 aliphatic heterocycles. The van der Waals surface area contributed by atoms with Crippen molar-refractivity contribution in [1.29, 1.82) is 0 Å². The highest BCUT2D eigenvalue weighted by atomic mass is 19.1. The lowest BCUT2D eigenvalue weighted by atomic mass is 9.99. The molecule has 0 saturated heterocycles. The minimum atomic E-state index is -0.239. The average molecular weight is 367 g/mol. The third kappa shape index (κ3) is 4.05. The first kappa shape index (κ1) is 19.2. The van der Waals surface area contributed by atoms with Gasteiger partial charge in [-0.05, 0) is 60.7 Å². The molecule has 2 aromatic carbocycles. The van der Waals surface area contributed by atoms with Gasteiger partial charge in [0.25, 0.3) is 0 Å². The fraction of sp³-hybridized carbons (Fsp3) is 0.348. The zero-order valence-electron chi connectivity index (χ0n) is 16.4. The predicted octanol–water partition coefficient (Wildman–Crippen LogP) is 5.37. The highest BCUT2D eigenvalue weighted by Crippen LogP contribution is 2.30. The van der Waals surface area contributed by atoms with Crippen LogP contribution in [-0.4, -0.2) is 17.1 Å². The van der Waals surface area contributed by atoms with Crippen molar-refractivity contribution in [2.24, 2.45) is 0 Å². The van der Waals surface area contributed by atoms with Crippen LogP contribution >= 0.6 is 0 Å². The van der Waals surface area contributed by atoms with Gasteiger partial charge in [0.15, 0.2) is 0 Å². The van der Waals surface area contributed by atoms with Gasteiger partial charge in [-0.1, -0.05) is 32.0 Å². The number of rotatable bonds is 6. The van der Waals surface area contributed by atoms with Crippen molar-refractivity contribution in [3.8, 4) is 0 Å². The topological polar surface area (TPSA) is 31.2 Å². The number of hydrogen-bond acceptors (Lipinski definition) is 2. The Morgan fingerprint density at radius 1 is 1.15 bits per heavy atom. The molecule has 3 nitrogen and oxygen atoms in total. The molecule has 0 radical (unpaired) electrons. The first-order valence-corrected chi connectivity index (χ1v) is 9.42. The van der Waals surface area contributed by atoms with E-state index in [1.807, 2.05) is 13.8 Å². The zero-order valence-corrected chi connectivity index (χ0v) is 16.4. The Morgan fingerprint density at radius 3 is 2.48 bits per heavy atom. The highest BCUT2D eigenvalue weighted by molar-refractivity contribution is 5.90. The van der Waals surface area contributed by atoms with Crippen molar-refractivity contribution in [2.75, 3.05) is 6.61 Å². The Hall–Kier alpha value is -2.62. The summed E-state index contributed by atoms with van der Waals surface area (Å²) in [6.07, 6.45) is 0.258. The van der Waals surface area contributed by atoms with Crippen LogP contribution in [0.25, 0.3) is 10.9 Å². The van der Waals surface area contributed by atoms with E-state index in [1.54, 1.807) is 12.1 Å². The van der Waals surface area contributed by atoms with Gasteiger partial charge in [0.2, 0.25) is 0 Å². The van der Waals surface area contributed by atoms with Crippen molar-refractivity contribution in [1.82, 2.24) is 4.57 Å². The van der Waals surface area contributed by atoms with E-state index in [0.29, 0.717) is 19.1 Å². The van der Waals surface area contributed by atoms with Crippen LogP contribution in [0.4, 0.5) is 4.39 Å². The summed E-state index contributed by atoms with van der Waals surface area (Å²) in [4.78, 5) is 12.2. The number of hydrogen-bond donors (Lipinski definition) is 0. The summed E-state index contributed by atoms with van der Waals surface area (Å²) in [5.74, 6) is -0.0422. The molecule has 0 spiro atoms. The number of benzene rings is 2. The van der Waals surface area contributed by atoms with Gasteiger partial charge in [0.05, 0.1) is 13.0 Å². The minimum absolute atomic E-state index is 0.212. The molecule has 142 valence electrons. The van der Waals surface area contributed by atoms with Crippen LogP contribution in [0.15, 0.2) is 42.5 Å². The lowest BCUT2D eigenvalue weighted by Gasteiger charge is -2.10. The van der Waals surface area contributed by atoms with E-state index >= 15 is 0 Å². The number of esters is 1. The average Bonchev–Trinajstić information content (AvgIpc) is 2.89. The second-order valence-electron chi connectivity index (χ2n) is 7.19. The molecule has 3 rings (SSSR count). The molecule has 27 heavy (non-hydrogen) atoms. The van der Waals surface area contributed by atoms with E-state index in [9.17, 15) is 9.18 Å². The summed E-state index contributed by atoms with van der Waals surface area (Å²) >= 11 is 0. The number of ether oxygens (including phenoxy) is 1. The Bertz CT molecular complexity index is 955. The highest BCUT2D eigenvalue weighted by Gasteiger charge is 2.18. The van der Waals surface area contributed by atoms with Crippen LogP contribution in [0.2, 0.25) is 0 Å². The maximum atomic E-state index is 13.2. The van der Waals surface area contributed by atoms with Crippen molar-refractivity contribution < 1.29 is 13.9 Å². The predicted molar refractivity (Wildman–Crippen MR) is 107 cm³/mol. The maximum Gasteiger partial charge on any atom is 0.310 e. The van der Waals surface area contributed by atoms with Gasteiger partial charge >= 0.3 is 5.97 Å².